The van der Waals surface area contributed by atoms with Gasteiger partial charge in [-0.25, -0.2) is 0 Å². The predicted octanol–water partition coefficient (Wildman–Crippen LogP) is 0.987. The van der Waals surface area contributed by atoms with E-state index in [4.69, 9.17) is 0 Å². The van der Waals surface area contributed by atoms with Crippen LogP contribution in [0, 0.1) is 0 Å². The maximum atomic E-state index is 12.0. The van der Waals surface area contributed by atoms with Crippen LogP contribution in [0.3, 0.4) is 0 Å². The minimum atomic E-state index is -0.487. The first-order chi connectivity index (χ1) is 9.61. The van der Waals surface area contributed by atoms with Crippen LogP contribution in [-0.2, 0) is 0 Å². The Balaban J connectivity index is 2.29. The van der Waals surface area contributed by atoms with Crippen molar-refractivity contribution in [3.05, 3.63) is 64.1 Å². The number of benzene rings is 1. The molecule has 0 aliphatic carbocycles. The van der Waals surface area contributed by atoms with Crippen molar-refractivity contribution in [3.63, 3.8) is 0 Å². The van der Waals surface area contributed by atoms with Crippen LogP contribution in [0.4, 0.5) is 5.69 Å². The molecule has 2 amide bonds. The van der Waals surface area contributed by atoms with Crippen LogP contribution in [0.15, 0.2) is 47.3 Å². The molecule has 1 heterocycles. The number of carbonyl (C=O) groups excluding carboxylic acids is 2. The number of carbonyl (C=O) groups is 2. The number of amides is 2. The summed E-state index contributed by atoms with van der Waals surface area (Å²) in [5.41, 5.74) is 0.490. The summed E-state index contributed by atoms with van der Waals surface area (Å²) in [6, 6.07) is 10.9. The van der Waals surface area contributed by atoms with Gasteiger partial charge in [0.15, 0.2) is 0 Å². The lowest BCUT2D eigenvalue weighted by Gasteiger charge is -2.09. The number of H-pyrrole nitrogens is 1. The fourth-order valence-electron chi connectivity index (χ4n) is 1.69. The van der Waals surface area contributed by atoms with E-state index in [0.717, 1.165) is 0 Å². The number of aromatic nitrogens is 1. The molecule has 102 valence electrons. The predicted molar refractivity (Wildman–Crippen MR) is 74.8 cm³/mol. The maximum absolute atomic E-state index is 12.0. The maximum Gasteiger partial charge on any atom is 0.272 e. The van der Waals surface area contributed by atoms with Gasteiger partial charge in [0.05, 0.1) is 11.3 Å². The highest BCUT2D eigenvalue weighted by Crippen LogP contribution is 2.15. The molecule has 0 saturated carbocycles. The summed E-state index contributed by atoms with van der Waals surface area (Å²) in [5, 5.41) is 5.10. The molecule has 6 nitrogen and oxygen atoms in total. The van der Waals surface area contributed by atoms with Crippen LogP contribution < -0.4 is 16.2 Å². The average molecular weight is 271 g/mol. The van der Waals surface area contributed by atoms with E-state index >= 15 is 0 Å². The summed E-state index contributed by atoms with van der Waals surface area (Å²) in [6.07, 6.45) is 0. The monoisotopic (exact) mass is 271 g/mol. The molecular formula is C14H13N3O3. The Hall–Kier alpha value is -2.89. The highest BCUT2D eigenvalue weighted by molar-refractivity contribution is 6.08. The Kier molecular flexibility index (Phi) is 3.95. The summed E-state index contributed by atoms with van der Waals surface area (Å²) < 4.78 is 0. The first kappa shape index (κ1) is 13.5. The van der Waals surface area contributed by atoms with Crippen LogP contribution in [0.25, 0.3) is 0 Å². The van der Waals surface area contributed by atoms with Gasteiger partial charge in [-0.05, 0) is 18.2 Å². The van der Waals surface area contributed by atoms with Crippen molar-refractivity contribution < 1.29 is 9.59 Å². The summed E-state index contributed by atoms with van der Waals surface area (Å²) in [7, 11) is 1.51. The van der Waals surface area contributed by atoms with E-state index in [0.29, 0.717) is 11.3 Å². The van der Waals surface area contributed by atoms with Gasteiger partial charge in [-0.2, -0.15) is 0 Å². The number of pyridine rings is 1. The van der Waals surface area contributed by atoms with Gasteiger partial charge in [-0.15, -0.1) is 0 Å². The van der Waals surface area contributed by atoms with E-state index in [1.165, 1.54) is 25.2 Å². The molecular weight excluding hydrogens is 258 g/mol. The van der Waals surface area contributed by atoms with Gasteiger partial charge in [0.25, 0.3) is 11.8 Å². The highest BCUT2D eigenvalue weighted by atomic mass is 16.2. The fourth-order valence-corrected chi connectivity index (χ4v) is 1.69. The molecule has 3 N–H and O–H groups in total. The zero-order chi connectivity index (χ0) is 14.5. The number of rotatable bonds is 3. The molecule has 0 atom stereocenters. The molecule has 2 rings (SSSR count). The van der Waals surface area contributed by atoms with E-state index in [9.17, 15) is 14.4 Å². The molecule has 2 aromatic rings. The Bertz CT molecular complexity index is 707. The smallest absolute Gasteiger partial charge is 0.272 e. The van der Waals surface area contributed by atoms with Crippen molar-refractivity contribution in [1.82, 2.24) is 10.3 Å². The third-order valence-corrected chi connectivity index (χ3v) is 2.66. The van der Waals surface area contributed by atoms with Crippen LogP contribution in [-0.4, -0.2) is 23.8 Å². The van der Waals surface area contributed by atoms with Gasteiger partial charge in [-0.1, -0.05) is 18.2 Å². The highest BCUT2D eigenvalue weighted by Gasteiger charge is 2.13. The third-order valence-electron chi connectivity index (χ3n) is 2.66. The van der Waals surface area contributed by atoms with Crippen molar-refractivity contribution in [2.24, 2.45) is 0 Å². The van der Waals surface area contributed by atoms with Crippen molar-refractivity contribution in [2.75, 3.05) is 12.4 Å². The molecule has 0 aliphatic heterocycles. The molecule has 0 aliphatic rings. The first-order valence-electron chi connectivity index (χ1n) is 5.93. The topological polar surface area (TPSA) is 91.1 Å². The van der Waals surface area contributed by atoms with E-state index in [1.54, 1.807) is 24.3 Å². The first-order valence-corrected chi connectivity index (χ1v) is 5.93. The van der Waals surface area contributed by atoms with Crippen molar-refractivity contribution in [1.29, 1.82) is 0 Å². The summed E-state index contributed by atoms with van der Waals surface area (Å²) in [4.78, 5) is 37.3. The van der Waals surface area contributed by atoms with Crippen LogP contribution in [0.5, 0.6) is 0 Å². The number of hydrogen-bond donors (Lipinski definition) is 3. The zero-order valence-electron chi connectivity index (χ0n) is 10.8. The number of nitrogens with one attached hydrogen (secondary N) is 3. The van der Waals surface area contributed by atoms with Crippen LogP contribution in [0.1, 0.15) is 20.8 Å². The molecule has 0 bridgehead atoms. The van der Waals surface area contributed by atoms with Gasteiger partial charge >= 0.3 is 0 Å². The van der Waals surface area contributed by atoms with Gasteiger partial charge in [0, 0.05) is 13.1 Å². The fraction of sp³-hybridized carbons (Fsp3) is 0.0714. The Morgan fingerprint density at radius 1 is 1.00 bits per heavy atom. The Morgan fingerprint density at radius 2 is 1.75 bits per heavy atom. The Morgan fingerprint density at radius 3 is 2.45 bits per heavy atom. The molecule has 0 fully saturated rings. The number of aromatic amines is 1. The number of para-hydroxylation sites is 1. The molecule has 0 radical (unpaired) electrons. The van der Waals surface area contributed by atoms with Gasteiger partial charge in [-0.3, -0.25) is 14.4 Å². The second-order valence-electron chi connectivity index (χ2n) is 4.01. The normalized spacial score (nSPS) is 9.85. The molecule has 0 unspecified atom stereocenters. The number of anilines is 1. The van der Waals surface area contributed by atoms with Gasteiger partial charge < -0.3 is 15.6 Å². The van der Waals surface area contributed by atoms with Gasteiger partial charge in [0.1, 0.15) is 5.69 Å². The lowest BCUT2D eigenvalue weighted by molar-refractivity contribution is 0.0964. The SMILES string of the molecule is CNC(=O)c1ccccc1NC(=O)c1cccc(=O)[nH]1. The molecule has 1 aromatic heterocycles. The minimum Gasteiger partial charge on any atom is -0.355 e. The van der Waals surface area contributed by atoms with Gasteiger partial charge in [0.2, 0.25) is 5.56 Å². The molecule has 0 spiro atoms. The lowest BCUT2D eigenvalue weighted by Crippen LogP contribution is -2.22. The largest absolute Gasteiger partial charge is 0.355 e. The Labute approximate surface area is 114 Å². The van der Waals surface area contributed by atoms with Crippen LogP contribution in [0.2, 0.25) is 0 Å². The molecule has 0 saturated heterocycles. The lowest BCUT2D eigenvalue weighted by atomic mass is 10.1. The second kappa shape index (κ2) is 5.83. The zero-order valence-corrected chi connectivity index (χ0v) is 10.8. The van der Waals surface area contributed by atoms with Crippen molar-refractivity contribution >= 4 is 17.5 Å². The number of hydrogen-bond acceptors (Lipinski definition) is 3. The second-order valence-corrected chi connectivity index (χ2v) is 4.01. The quantitative estimate of drug-likeness (QED) is 0.777. The van der Waals surface area contributed by atoms with Crippen LogP contribution >= 0.6 is 0 Å². The van der Waals surface area contributed by atoms with E-state index < -0.39 is 5.91 Å². The molecule has 1 aromatic carbocycles. The minimum absolute atomic E-state index is 0.129. The summed E-state index contributed by atoms with van der Waals surface area (Å²) in [5.74, 6) is -0.790. The summed E-state index contributed by atoms with van der Waals surface area (Å²) >= 11 is 0. The van der Waals surface area contributed by atoms with Crippen molar-refractivity contribution in [2.45, 2.75) is 0 Å². The van der Waals surface area contributed by atoms with E-state index in [-0.39, 0.29) is 17.2 Å². The standard InChI is InChI=1S/C14H13N3O3/c1-15-13(19)9-5-2-3-6-10(9)17-14(20)11-7-4-8-12(18)16-11/h2-8H,1H3,(H,15,19)(H,16,18)(H,17,20). The van der Waals surface area contributed by atoms with E-state index in [2.05, 4.69) is 15.6 Å². The third kappa shape index (κ3) is 2.92. The molecule has 6 heteroatoms. The molecule has 20 heavy (non-hydrogen) atoms. The van der Waals surface area contributed by atoms with Crippen molar-refractivity contribution in [3.8, 4) is 0 Å². The summed E-state index contributed by atoms with van der Waals surface area (Å²) in [6.45, 7) is 0. The average Bonchev–Trinajstić information content (AvgIpc) is 2.47. The van der Waals surface area contributed by atoms with E-state index in [1.807, 2.05) is 0 Å².